The van der Waals surface area contributed by atoms with Gasteiger partial charge in [-0.2, -0.15) is 0 Å². The van der Waals surface area contributed by atoms with Crippen LogP contribution in [0.3, 0.4) is 0 Å². The second kappa shape index (κ2) is 8.73. The fourth-order valence-corrected chi connectivity index (χ4v) is 4.97. The van der Waals surface area contributed by atoms with E-state index in [1.807, 2.05) is 30.3 Å². The summed E-state index contributed by atoms with van der Waals surface area (Å²) in [7, 11) is -3.06. The highest BCUT2D eigenvalue weighted by molar-refractivity contribution is 7.90. The molecule has 2 aliphatic rings. The number of sulfonamides is 1. The molecule has 144 valence electrons. The van der Waals surface area contributed by atoms with E-state index >= 15 is 0 Å². The quantitative estimate of drug-likeness (QED) is 0.669. The van der Waals surface area contributed by atoms with Crippen LogP contribution in [0.2, 0.25) is 0 Å². The highest BCUT2D eigenvalue weighted by Gasteiger charge is 2.41. The van der Waals surface area contributed by atoms with Gasteiger partial charge in [0.1, 0.15) is 12.4 Å². The molecule has 1 heterocycles. The van der Waals surface area contributed by atoms with Gasteiger partial charge >= 0.3 is 6.03 Å². The van der Waals surface area contributed by atoms with Gasteiger partial charge in [-0.3, -0.25) is 0 Å². The first-order valence-corrected chi connectivity index (χ1v) is 10.7. The molecule has 2 fully saturated rings. The molecule has 2 amide bonds. The van der Waals surface area contributed by atoms with Crippen molar-refractivity contribution in [3.63, 3.8) is 0 Å². The van der Waals surface area contributed by atoms with Crippen LogP contribution in [0.15, 0.2) is 30.3 Å². The van der Waals surface area contributed by atoms with Gasteiger partial charge in [-0.25, -0.2) is 17.5 Å². The van der Waals surface area contributed by atoms with Crippen LogP contribution in [0.1, 0.15) is 25.7 Å². The number of nitrogens with zero attached hydrogens (tertiary/aromatic N) is 1. The van der Waals surface area contributed by atoms with E-state index in [1.165, 1.54) is 0 Å². The lowest BCUT2D eigenvalue weighted by Gasteiger charge is -2.31. The summed E-state index contributed by atoms with van der Waals surface area (Å²) in [4.78, 5) is 11.8. The number of benzene rings is 1. The van der Waals surface area contributed by atoms with Crippen molar-refractivity contribution in [2.24, 2.45) is 5.92 Å². The summed E-state index contributed by atoms with van der Waals surface area (Å²) in [6.07, 6.45) is 3.20. The van der Waals surface area contributed by atoms with Crippen molar-refractivity contribution in [2.45, 2.75) is 30.9 Å². The zero-order chi connectivity index (χ0) is 18.4. The van der Waals surface area contributed by atoms with E-state index in [4.69, 9.17) is 4.74 Å². The maximum atomic E-state index is 12.2. The average molecular weight is 381 g/mol. The Bertz CT molecular complexity index is 684. The van der Waals surface area contributed by atoms with Crippen LogP contribution in [0.25, 0.3) is 0 Å². The van der Waals surface area contributed by atoms with Crippen LogP contribution >= 0.6 is 0 Å². The number of piperidine rings is 1. The average Bonchev–Trinajstić information content (AvgIpc) is 3.51. The zero-order valence-electron chi connectivity index (χ0n) is 14.9. The van der Waals surface area contributed by atoms with E-state index in [2.05, 4.69) is 10.6 Å². The Morgan fingerprint density at radius 1 is 1.08 bits per heavy atom. The minimum absolute atomic E-state index is 0.138. The largest absolute Gasteiger partial charge is 0.492 e. The minimum Gasteiger partial charge on any atom is -0.492 e. The lowest BCUT2D eigenvalue weighted by Crippen LogP contribution is -2.44. The summed E-state index contributed by atoms with van der Waals surface area (Å²) >= 11 is 0. The van der Waals surface area contributed by atoms with E-state index in [1.54, 1.807) is 4.31 Å². The molecule has 1 aliphatic heterocycles. The summed E-state index contributed by atoms with van der Waals surface area (Å²) in [6, 6.07) is 9.25. The smallest absolute Gasteiger partial charge is 0.314 e. The summed E-state index contributed by atoms with van der Waals surface area (Å²) in [5.74, 6) is 1.11. The van der Waals surface area contributed by atoms with E-state index in [0.29, 0.717) is 38.7 Å². The van der Waals surface area contributed by atoms with E-state index in [0.717, 1.165) is 31.4 Å². The van der Waals surface area contributed by atoms with Crippen molar-refractivity contribution in [3.8, 4) is 5.75 Å². The lowest BCUT2D eigenvalue weighted by molar-refractivity contribution is 0.227. The molecule has 0 bridgehead atoms. The number of urea groups is 1. The number of nitrogens with one attached hydrogen (secondary N) is 2. The summed E-state index contributed by atoms with van der Waals surface area (Å²) in [5, 5.41) is 5.50. The van der Waals surface area contributed by atoms with Gasteiger partial charge in [0.25, 0.3) is 0 Å². The first kappa shape index (κ1) is 19.0. The third-order valence-electron chi connectivity index (χ3n) is 4.83. The highest BCUT2D eigenvalue weighted by Crippen LogP contribution is 2.32. The third-order valence-corrected chi connectivity index (χ3v) is 7.23. The van der Waals surface area contributed by atoms with Gasteiger partial charge in [-0.05, 0) is 43.7 Å². The topological polar surface area (TPSA) is 87.7 Å². The molecule has 0 aromatic heterocycles. The van der Waals surface area contributed by atoms with Crippen LogP contribution in [0.4, 0.5) is 4.79 Å². The molecular weight excluding hydrogens is 354 g/mol. The Labute approximate surface area is 155 Å². The predicted molar refractivity (Wildman–Crippen MR) is 99.6 cm³/mol. The highest BCUT2D eigenvalue weighted by atomic mass is 32.2. The molecule has 1 aromatic carbocycles. The molecule has 2 N–H and O–H groups in total. The Morgan fingerprint density at radius 3 is 2.42 bits per heavy atom. The molecule has 8 heteroatoms. The van der Waals surface area contributed by atoms with Gasteiger partial charge in [0, 0.05) is 19.6 Å². The number of carbonyl (C=O) groups excluding carboxylic acids is 1. The van der Waals surface area contributed by atoms with Gasteiger partial charge in [0.05, 0.1) is 11.8 Å². The summed E-state index contributed by atoms with van der Waals surface area (Å²) < 4.78 is 31.5. The third kappa shape index (κ3) is 5.35. The zero-order valence-corrected chi connectivity index (χ0v) is 15.7. The number of carbonyl (C=O) groups is 1. The Hall–Kier alpha value is -1.80. The van der Waals surface area contributed by atoms with E-state index in [-0.39, 0.29) is 11.3 Å². The minimum atomic E-state index is -3.06. The van der Waals surface area contributed by atoms with E-state index in [9.17, 15) is 13.2 Å². The Kier molecular flexibility index (Phi) is 6.37. The van der Waals surface area contributed by atoms with Gasteiger partial charge in [-0.1, -0.05) is 18.2 Å². The van der Waals surface area contributed by atoms with Crippen LogP contribution in [-0.4, -0.2) is 56.8 Å². The molecule has 1 aliphatic carbocycles. The molecule has 1 saturated heterocycles. The van der Waals surface area contributed by atoms with Crippen molar-refractivity contribution < 1.29 is 17.9 Å². The number of hydrogen-bond acceptors (Lipinski definition) is 4. The Morgan fingerprint density at radius 2 is 1.77 bits per heavy atom. The fourth-order valence-electron chi connectivity index (χ4n) is 3.09. The standard InChI is InChI=1S/C18H27N3O4S/c22-18(19-10-13-25-16-4-2-1-3-5-16)20-14-15-8-11-21(12-9-15)26(23,24)17-6-7-17/h1-5,15,17H,6-14H2,(H2,19,20,22). The first-order chi connectivity index (χ1) is 12.6. The summed E-state index contributed by atoms with van der Waals surface area (Å²) in [6.45, 7) is 2.55. The number of ether oxygens (including phenoxy) is 1. The predicted octanol–water partition coefficient (Wildman–Crippen LogP) is 1.57. The first-order valence-electron chi connectivity index (χ1n) is 9.24. The normalized spacial score (nSPS) is 19.1. The number of hydrogen-bond donors (Lipinski definition) is 2. The van der Waals surface area contributed by atoms with Crippen LogP contribution in [0.5, 0.6) is 5.75 Å². The maximum Gasteiger partial charge on any atom is 0.314 e. The number of para-hydroxylation sites is 1. The monoisotopic (exact) mass is 381 g/mol. The van der Waals surface area contributed by atoms with Crippen LogP contribution < -0.4 is 15.4 Å². The molecule has 26 heavy (non-hydrogen) atoms. The number of rotatable bonds is 8. The molecule has 0 atom stereocenters. The van der Waals surface area contributed by atoms with Gasteiger partial charge in [0.2, 0.25) is 10.0 Å². The Balaban J connectivity index is 1.27. The lowest BCUT2D eigenvalue weighted by atomic mass is 9.98. The molecule has 1 aromatic rings. The molecule has 0 unspecified atom stereocenters. The van der Waals surface area contributed by atoms with Gasteiger partial charge < -0.3 is 15.4 Å². The van der Waals surface area contributed by atoms with Gasteiger partial charge in [0.15, 0.2) is 0 Å². The molecule has 0 radical (unpaired) electrons. The number of amides is 2. The van der Waals surface area contributed by atoms with Crippen molar-refractivity contribution in [3.05, 3.63) is 30.3 Å². The van der Waals surface area contributed by atoms with Crippen molar-refractivity contribution in [2.75, 3.05) is 32.8 Å². The van der Waals surface area contributed by atoms with Crippen molar-refractivity contribution >= 4 is 16.1 Å². The fraction of sp³-hybridized carbons (Fsp3) is 0.611. The van der Waals surface area contributed by atoms with Crippen LogP contribution in [-0.2, 0) is 10.0 Å². The molecule has 0 spiro atoms. The van der Waals surface area contributed by atoms with Gasteiger partial charge in [-0.15, -0.1) is 0 Å². The van der Waals surface area contributed by atoms with Crippen molar-refractivity contribution in [1.29, 1.82) is 0 Å². The maximum absolute atomic E-state index is 12.2. The second-order valence-electron chi connectivity index (χ2n) is 6.89. The second-order valence-corrected chi connectivity index (χ2v) is 9.10. The summed E-state index contributed by atoms with van der Waals surface area (Å²) in [5.41, 5.74) is 0. The molecule has 3 rings (SSSR count). The molecule has 7 nitrogen and oxygen atoms in total. The van der Waals surface area contributed by atoms with E-state index < -0.39 is 10.0 Å². The SMILES string of the molecule is O=C(NCCOc1ccccc1)NCC1CCN(S(=O)(=O)C2CC2)CC1. The van der Waals surface area contributed by atoms with Crippen LogP contribution in [0, 0.1) is 5.92 Å². The van der Waals surface area contributed by atoms with Crippen molar-refractivity contribution in [1.82, 2.24) is 14.9 Å². The molecular formula is C18H27N3O4S. The molecule has 1 saturated carbocycles.